The second kappa shape index (κ2) is 5.95. The van der Waals surface area contributed by atoms with Gasteiger partial charge in [0.05, 0.1) is 7.11 Å². The third kappa shape index (κ3) is 3.39. The molecule has 1 aliphatic heterocycles. The largest absolute Gasteiger partial charge is 0.480 e. The Hall–Kier alpha value is -1.17. The van der Waals surface area contributed by atoms with E-state index in [2.05, 4.69) is 18.9 Å². The van der Waals surface area contributed by atoms with Gasteiger partial charge in [-0.05, 0) is 0 Å². The smallest absolute Gasteiger partial charge is 0.409 e. The van der Waals surface area contributed by atoms with Crippen molar-refractivity contribution in [3.05, 3.63) is 0 Å². The second-order valence-electron chi connectivity index (χ2n) is 3.63. The summed E-state index contributed by atoms with van der Waals surface area (Å²) in [6, 6.07) is -0.802. The summed E-state index contributed by atoms with van der Waals surface area (Å²) in [6.07, 6.45) is -0.445. The summed E-state index contributed by atoms with van der Waals surface area (Å²) in [6.45, 7) is 0.694. The molecule has 17 heavy (non-hydrogen) atoms. The van der Waals surface area contributed by atoms with E-state index >= 15 is 0 Å². The first-order valence-corrected chi connectivity index (χ1v) is 5.44. The number of rotatable bonds is 5. The molecule has 1 unspecified atom stereocenters. The number of hydrogen-bond acceptors (Lipinski definition) is 4. The number of carboxylic acids is 1. The predicted octanol–water partition coefficient (Wildman–Crippen LogP) is -0.396. The van der Waals surface area contributed by atoms with E-state index in [9.17, 15) is 9.59 Å². The Kier molecular flexibility index (Phi) is 4.86. The molecule has 8 heteroatoms. The molecule has 1 rings (SSSR count). The number of amides is 1. The lowest BCUT2D eigenvalue weighted by molar-refractivity contribution is -0.142. The lowest BCUT2D eigenvalue weighted by Gasteiger charge is -2.40. The lowest BCUT2D eigenvalue weighted by Crippen LogP contribution is -2.60. The summed E-state index contributed by atoms with van der Waals surface area (Å²) < 4.78 is 9.32. The predicted molar refractivity (Wildman–Crippen MR) is 62.4 cm³/mol. The minimum absolute atomic E-state index is 0.173. The zero-order chi connectivity index (χ0) is 13.0. The topological polar surface area (TPSA) is 88.1 Å². The summed E-state index contributed by atoms with van der Waals surface area (Å²) in [4.78, 5) is 23.6. The minimum Gasteiger partial charge on any atom is -0.480 e. The zero-order valence-electron chi connectivity index (χ0n) is 9.60. The van der Waals surface area contributed by atoms with Crippen molar-refractivity contribution in [1.29, 1.82) is 0 Å². The number of carbonyl (C=O) groups is 2. The summed E-state index contributed by atoms with van der Waals surface area (Å²) in [5.41, 5.74) is 0.244. The molecular weight excluding hydrogens is 247 g/mol. The maximum atomic E-state index is 11.1. The summed E-state index contributed by atoms with van der Waals surface area (Å²) in [5, 5.41) is 11.7. The Morgan fingerprint density at radius 2 is 2.00 bits per heavy atom. The molecule has 0 radical (unpaired) electrons. The van der Waals surface area contributed by atoms with Crippen LogP contribution >= 0.6 is 8.86 Å². The van der Waals surface area contributed by atoms with Crippen LogP contribution in [0.1, 0.15) is 0 Å². The van der Waals surface area contributed by atoms with Crippen molar-refractivity contribution in [3.8, 4) is 0 Å². The van der Waals surface area contributed by atoms with Gasteiger partial charge in [-0.25, -0.2) is 4.79 Å². The number of ether oxygens (including phenoxy) is 2. The van der Waals surface area contributed by atoms with E-state index in [0.717, 1.165) is 0 Å². The van der Waals surface area contributed by atoms with E-state index in [1.807, 2.05) is 0 Å². The fourth-order valence-corrected chi connectivity index (χ4v) is 1.74. The standard InChI is InChI=1S/C9H15N2O5P/c1-15-8(17)10-6(7(12)13)5-3-11(4-5)9(14)16-2/h5-6,10,17H,3-4H2,1-2H3,(H,12,13). The molecule has 0 aliphatic carbocycles. The average Bonchev–Trinajstić information content (AvgIpc) is 2.24. The number of carboxylic acid groups (broad SMARTS) is 1. The summed E-state index contributed by atoms with van der Waals surface area (Å²) in [5.74, 6) is -1.17. The van der Waals surface area contributed by atoms with Gasteiger partial charge in [0.2, 0.25) is 0 Å². The number of aliphatic carboxylic acids is 1. The molecule has 0 aromatic carbocycles. The van der Waals surface area contributed by atoms with Crippen LogP contribution in [0, 0.1) is 5.92 Å². The highest BCUT2D eigenvalue weighted by atomic mass is 31.0. The van der Waals surface area contributed by atoms with Crippen LogP contribution in [-0.2, 0) is 14.3 Å². The van der Waals surface area contributed by atoms with Crippen molar-refractivity contribution in [1.82, 2.24) is 10.2 Å². The maximum Gasteiger partial charge on any atom is 0.409 e. The average molecular weight is 262 g/mol. The van der Waals surface area contributed by atoms with Crippen LogP contribution in [0.2, 0.25) is 0 Å². The SMILES string of the molecule is COC(=O)N1CC(C(NC(=P)OC)C(=O)O)C1. The number of nitrogens with one attached hydrogen (secondary N) is 1. The maximum absolute atomic E-state index is 11.1. The fraction of sp³-hybridized carbons (Fsp3) is 0.667. The third-order valence-corrected chi connectivity index (χ3v) is 2.92. The second-order valence-corrected chi connectivity index (χ2v) is 4.08. The first-order valence-electron chi connectivity index (χ1n) is 4.94. The van der Waals surface area contributed by atoms with Crippen LogP contribution in [0.25, 0.3) is 0 Å². The van der Waals surface area contributed by atoms with Crippen molar-refractivity contribution in [2.24, 2.45) is 5.92 Å². The normalized spacial score (nSPS) is 17.2. The van der Waals surface area contributed by atoms with E-state index in [-0.39, 0.29) is 11.5 Å². The van der Waals surface area contributed by atoms with Gasteiger partial charge in [0.1, 0.15) is 11.6 Å². The molecule has 0 spiro atoms. The summed E-state index contributed by atoms with van der Waals surface area (Å²) >= 11 is 0. The van der Waals surface area contributed by atoms with Crippen LogP contribution in [0.5, 0.6) is 0 Å². The Bertz CT molecular complexity index is 329. The Morgan fingerprint density at radius 3 is 2.41 bits per heavy atom. The van der Waals surface area contributed by atoms with Crippen LogP contribution in [0.4, 0.5) is 4.79 Å². The molecule has 96 valence electrons. The van der Waals surface area contributed by atoms with Crippen molar-refractivity contribution < 1.29 is 24.2 Å². The highest BCUT2D eigenvalue weighted by Crippen LogP contribution is 2.20. The highest BCUT2D eigenvalue weighted by molar-refractivity contribution is 7.20. The number of likely N-dealkylation sites (tertiary alicyclic amines) is 1. The van der Waals surface area contributed by atoms with Crippen molar-refractivity contribution in [2.45, 2.75) is 6.04 Å². The fourth-order valence-electron chi connectivity index (χ4n) is 1.58. The number of hydrogen-bond donors (Lipinski definition) is 2. The number of carbonyl (C=O) groups excluding carboxylic acids is 1. The molecule has 7 nitrogen and oxygen atoms in total. The Morgan fingerprint density at radius 1 is 1.41 bits per heavy atom. The van der Waals surface area contributed by atoms with Crippen LogP contribution in [-0.4, -0.2) is 61.0 Å². The van der Waals surface area contributed by atoms with Gasteiger partial charge < -0.3 is 19.5 Å². The molecule has 1 aliphatic rings. The Labute approximate surface area is 101 Å². The molecule has 1 heterocycles. The molecule has 0 aromatic rings. The van der Waals surface area contributed by atoms with Gasteiger partial charge in [-0.1, -0.05) is 8.86 Å². The molecule has 1 atom stereocenters. The molecule has 1 amide bonds. The van der Waals surface area contributed by atoms with Gasteiger partial charge >= 0.3 is 12.1 Å². The van der Waals surface area contributed by atoms with Gasteiger partial charge in [0.25, 0.3) is 0 Å². The van der Waals surface area contributed by atoms with E-state index < -0.39 is 18.1 Å². The first kappa shape index (κ1) is 13.9. The Balaban J connectivity index is 2.50. The van der Waals surface area contributed by atoms with Crippen LogP contribution in [0.15, 0.2) is 0 Å². The van der Waals surface area contributed by atoms with E-state index in [4.69, 9.17) is 9.84 Å². The van der Waals surface area contributed by atoms with Crippen molar-refractivity contribution in [3.63, 3.8) is 0 Å². The number of methoxy groups -OCH3 is 2. The molecule has 0 bridgehead atoms. The van der Waals surface area contributed by atoms with E-state index in [1.165, 1.54) is 19.1 Å². The third-order valence-electron chi connectivity index (χ3n) is 2.57. The molecule has 2 N–H and O–H groups in total. The minimum atomic E-state index is -0.993. The monoisotopic (exact) mass is 262 g/mol. The number of nitrogens with zero attached hydrogens (tertiary/aromatic N) is 1. The first-order chi connectivity index (χ1) is 7.99. The van der Waals surface area contributed by atoms with Gasteiger partial charge in [-0.15, -0.1) is 0 Å². The van der Waals surface area contributed by atoms with Gasteiger partial charge in [0, 0.05) is 26.1 Å². The van der Waals surface area contributed by atoms with Crippen molar-refractivity contribution >= 4 is 26.5 Å². The van der Waals surface area contributed by atoms with Gasteiger partial charge in [0.15, 0.2) is 0 Å². The van der Waals surface area contributed by atoms with E-state index in [1.54, 1.807) is 0 Å². The van der Waals surface area contributed by atoms with Gasteiger partial charge in [-0.3, -0.25) is 10.1 Å². The molecule has 1 saturated heterocycles. The molecule has 1 fully saturated rings. The molecule has 0 saturated carbocycles. The molecule has 0 aromatic heterocycles. The zero-order valence-corrected chi connectivity index (χ0v) is 10.6. The molecular formula is C9H15N2O5P. The summed E-state index contributed by atoms with van der Waals surface area (Å²) in [7, 11) is 5.79. The quantitative estimate of drug-likeness (QED) is 0.656. The van der Waals surface area contributed by atoms with Crippen LogP contribution in [0.3, 0.4) is 0 Å². The van der Waals surface area contributed by atoms with E-state index in [0.29, 0.717) is 13.1 Å². The van der Waals surface area contributed by atoms with Gasteiger partial charge in [-0.2, -0.15) is 0 Å². The van der Waals surface area contributed by atoms with Crippen LogP contribution < -0.4 is 5.32 Å². The lowest BCUT2D eigenvalue weighted by atomic mass is 9.92. The van der Waals surface area contributed by atoms with Crippen molar-refractivity contribution in [2.75, 3.05) is 27.3 Å². The highest BCUT2D eigenvalue weighted by Gasteiger charge is 2.40.